The van der Waals surface area contributed by atoms with Crippen LogP contribution in [-0.2, 0) is 11.2 Å². The van der Waals surface area contributed by atoms with Gasteiger partial charge < -0.3 is 24.8 Å². The lowest BCUT2D eigenvalue weighted by Gasteiger charge is -2.35. The molecule has 3 aromatic heterocycles. The Morgan fingerprint density at radius 2 is 1.86 bits per heavy atom. The number of anilines is 1. The molecule has 1 fully saturated rings. The fourth-order valence-corrected chi connectivity index (χ4v) is 6.05. The van der Waals surface area contributed by atoms with Gasteiger partial charge >= 0.3 is 0 Å². The summed E-state index contributed by atoms with van der Waals surface area (Å²) in [6.45, 7) is 1.91. The van der Waals surface area contributed by atoms with Crippen molar-refractivity contribution >= 4 is 22.8 Å². The van der Waals surface area contributed by atoms with Gasteiger partial charge in [0.1, 0.15) is 23.2 Å². The molecule has 42 heavy (non-hydrogen) atoms. The third kappa shape index (κ3) is 5.88. The van der Waals surface area contributed by atoms with Gasteiger partial charge in [-0.05, 0) is 49.4 Å². The summed E-state index contributed by atoms with van der Waals surface area (Å²) in [5.41, 5.74) is 3.47. The number of hydrogen-bond acceptors (Lipinski definition) is 6. The number of H-pyrrole nitrogens is 1. The van der Waals surface area contributed by atoms with Crippen molar-refractivity contribution < 1.29 is 13.9 Å². The summed E-state index contributed by atoms with van der Waals surface area (Å²) in [4.78, 5) is 27.2. The van der Waals surface area contributed by atoms with Gasteiger partial charge in [0, 0.05) is 29.1 Å². The molecule has 216 valence electrons. The molecule has 0 radical (unpaired) electrons. The number of aromatic amines is 1. The number of fused-ring (bicyclic) bond motifs is 1. The largest absolute Gasteiger partial charge is 0.495 e. The number of carbonyl (C=O) groups is 1. The maximum Gasteiger partial charge on any atom is 0.295 e. The SMILES string of the molecule is COc1ccc(C(NC(=O)C(C)(Cc2c[nH]c3ccccc23)Nc2nc(-c3ccccc3)co2)C2CCCCC2)nc1. The van der Waals surface area contributed by atoms with Gasteiger partial charge in [-0.25, -0.2) is 0 Å². The van der Waals surface area contributed by atoms with Gasteiger partial charge in [-0.15, -0.1) is 0 Å². The van der Waals surface area contributed by atoms with Crippen LogP contribution in [0.1, 0.15) is 56.3 Å². The third-order valence-electron chi connectivity index (χ3n) is 8.40. The van der Waals surface area contributed by atoms with Gasteiger partial charge in [0.2, 0.25) is 5.91 Å². The lowest BCUT2D eigenvalue weighted by atomic mass is 9.81. The summed E-state index contributed by atoms with van der Waals surface area (Å²) in [5, 5.41) is 7.88. The van der Waals surface area contributed by atoms with Crippen LogP contribution in [0.4, 0.5) is 6.01 Å². The number of benzene rings is 2. The van der Waals surface area contributed by atoms with Gasteiger partial charge in [-0.3, -0.25) is 9.78 Å². The van der Waals surface area contributed by atoms with Crippen LogP contribution in [0.15, 0.2) is 89.8 Å². The zero-order chi connectivity index (χ0) is 28.9. The first-order valence-corrected chi connectivity index (χ1v) is 14.7. The van der Waals surface area contributed by atoms with Crippen LogP contribution in [0, 0.1) is 5.92 Å². The molecule has 5 aromatic rings. The molecule has 1 aliphatic rings. The molecule has 2 aromatic carbocycles. The van der Waals surface area contributed by atoms with E-state index in [0.717, 1.165) is 53.4 Å². The maximum atomic E-state index is 14.5. The first-order chi connectivity index (χ1) is 20.5. The van der Waals surface area contributed by atoms with Gasteiger partial charge in [0.15, 0.2) is 0 Å². The lowest BCUT2D eigenvalue weighted by Crippen LogP contribution is -2.53. The molecule has 1 amide bonds. The molecule has 0 bridgehead atoms. The summed E-state index contributed by atoms with van der Waals surface area (Å²) >= 11 is 0. The molecule has 2 atom stereocenters. The second-order valence-electron chi connectivity index (χ2n) is 11.4. The monoisotopic (exact) mass is 563 g/mol. The van der Waals surface area contributed by atoms with Gasteiger partial charge in [0.25, 0.3) is 6.01 Å². The Kier molecular flexibility index (Phi) is 7.95. The van der Waals surface area contributed by atoms with E-state index in [4.69, 9.17) is 19.1 Å². The number of para-hydroxylation sites is 1. The van der Waals surface area contributed by atoms with Crippen molar-refractivity contribution in [3.8, 4) is 17.0 Å². The van der Waals surface area contributed by atoms with Crippen LogP contribution in [0.5, 0.6) is 5.75 Å². The first-order valence-electron chi connectivity index (χ1n) is 14.7. The highest BCUT2D eigenvalue weighted by atomic mass is 16.5. The normalized spacial score (nSPS) is 16.0. The van der Waals surface area contributed by atoms with E-state index < -0.39 is 5.54 Å². The van der Waals surface area contributed by atoms with Crippen molar-refractivity contribution in [3.05, 3.63) is 96.6 Å². The molecule has 1 aliphatic carbocycles. The van der Waals surface area contributed by atoms with Crippen molar-refractivity contribution in [1.82, 2.24) is 20.3 Å². The number of hydrogen-bond donors (Lipinski definition) is 3. The number of pyridine rings is 1. The number of nitrogens with one attached hydrogen (secondary N) is 3. The van der Waals surface area contributed by atoms with Crippen molar-refractivity contribution in [2.24, 2.45) is 5.92 Å². The molecule has 0 spiro atoms. The summed E-state index contributed by atoms with van der Waals surface area (Å²) in [6, 6.07) is 21.9. The van der Waals surface area contributed by atoms with E-state index >= 15 is 0 Å². The predicted molar refractivity (Wildman–Crippen MR) is 164 cm³/mol. The number of amides is 1. The molecular weight excluding hydrogens is 526 g/mol. The Hall–Kier alpha value is -4.59. The quantitative estimate of drug-likeness (QED) is 0.168. The second kappa shape index (κ2) is 12.1. The standard InChI is InChI=1S/C34H37N5O3/c1-34(19-25-20-35-28-16-10-9-15-27(25)28,39-33-37-30(22-42-33)23-11-5-3-6-12-23)32(40)38-31(24-13-7-4-8-14-24)29-18-17-26(41-2)21-36-29/h3,5-6,9-12,15-18,20-22,24,31,35H,4,7-8,13-14,19H2,1-2H3,(H,37,39)(H,38,40). The number of carbonyl (C=O) groups excluding carboxylic acids is 1. The number of methoxy groups -OCH3 is 1. The summed E-state index contributed by atoms with van der Waals surface area (Å²) < 4.78 is 11.2. The fraction of sp³-hybridized carbons (Fsp3) is 0.324. The molecule has 8 nitrogen and oxygen atoms in total. The zero-order valence-corrected chi connectivity index (χ0v) is 24.1. The summed E-state index contributed by atoms with van der Waals surface area (Å²) in [6.07, 6.45) is 11.4. The molecule has 0 aliphatic heterocycles. The van der Waals surface area contributed by atoms with Gasteiger partial charge in [0.05, 0.1) is 25.0 Å². The van der Waals surface area contributed by atoms with Crippen LogP contribution in [0.2, 0.25) is 0 Å². The molecule has 8 heteroatoms. The molecule has 6 rings (SSSR count). The summed E-state index contributed by atoms with van der Waals surface area (Å²) in [5.74, 6) is 0.851. The summed E-state index contributed by atoms with van der Waals surface area (Å²) in [7, 11) is 1.63. The minimum atomic E-state index is -1.08. The van der Waals surface area contributed by atoms with Gasteiger partial charge in [-0.1, -0.05) is 67.8 Å². The Morgan fingerprint density at radius 3 is 2.62 bits per heavy atom. The Labute approximate surface area is 245 Å². The minimum absolute atomic E-state index is 0.138. The van der Waals surface area contributed by atoms with E-state index in [2.05, 4.69) is 21.7 Å². The first kappa shape index (κ1) is 27.6. The van der Waals surface area contributed by atoms with Crippen LogP contribution in [0.25, 0.3) is 22.2 Å². The molecule has 3 N–H and O–H groups in total. The van der Waals surface area contributed by atoms with Crippen molar-refractivity contribution in [2.45, 2.75) is 57.0 Å². The van der Waals surface area contributed by atoms with E-state index in [1.807, 2.05) is 73.8 Å². The Morgan fingerprint density at radius 1 is 1.07 bits per heavy atom. The number of nitrogens with zero attached hydrogens (tertiary/aromatic N) is 2. The van der Waals surface area contributed by atoms with Crippen LogP contribution in [-0.4, -0.2) is 33.5 Å². The molecule has 3 heterocycles. The lowest BCUT2D eigenvalue weighted by molar-refractivity contribution is -0.126. The van der Waals surface area contributed by atoms with Crippen molar-refractivity contribution in [3.63, 3.8) is 0 Å². The average molecular weight is 564 g/mol. The average Bonchev–Trinajstić information content (AvgIpc) is 3.68. The fourth-order valence-electron chi connectivity index (χ4n) is 6.05. The van der Waals surface area contributed by atoms with E-state index in [9.17, 15) is 4.79 Å². The Bertz CT molecular complexity index is 1620. The topological polar surface area (TPSA) is 105 Å². The molecule has 1 saturated carbocycles. The van der Waals surface area contributed by atoms with Crippen LogP contribution < -0.4 is 15.4 Å². The van der Waals surface area contributed by atoms with E-state index in [-0.39, 0.29) is 11.9 Å². The number of aromatic nitrogens is 3. The molecule has 0 saturated heterocycles. The van der Waals surface area contributed by atoms with E-state index in [1.54, 1.807) is 19.6 Å². The number of oxazole rings is 1. The second-order valence-corrected chi connectivity index (χ2v) is 11.4. The highest BCUT2D eigenvalue weighted by Gasteiger charge is 2.39. The molecule has 2 unspecified atom stereocenters. The zero-order valence-electron chi connectivity index (χ0n) is 24.1. The van der Waals surface area contributed by atoms with E-state index in [1.165, 1.54) is 6.42 Å². The predicted octanol–water partition coefficient (Wildman–Crippen LogP) is 7.08. The number of ether oxygens (including phenoxy) is 1. The third-order valence-corrected chi connectivity index (χ3v) is 8.40. The van der Waals surface area contributed by atoms with E-state index in [0.29, 0.717) is 29.8 Å². The highest BCUT2D eigenvalue weighted by Crippen LogP contribution is 2.35. The van der Waals surface area contributed by atoms with Crippen molar-refractivity contribution in [1.29, 1.82) is 0 Å². The van der Waals surface area contributed by atoms with Gasteiger partial charge in [-0.2, -0.15) is 4.98 Å². The highest BCUT2D eigenvalue weighted by molar-refractivity contribution is 5.91. The number of rotatable bonds is 10. The minimum Gasteiger partial charge on any atom is -0.495 e. The maximum absolute atomic E-state index is 14.5. The van der Waals surface area contributed by atoms with Crippen LogP contribution in [0.3, 0.4) is 0 Å². The Balaban J connectivity index is 1.33. The molecular formula is C34H37N5O3. The van der Waals surface area contributed by atoms with Crippen molar-refractivity contribution in [2.75, 3.05) is 12.4 Å². The smallest absolute Gasteiger partial charge is 0.295 e. The van der Waals surface area contributed by atoms with Crippen LogP contribution >= 0.6 is 0 Å².